The van der Waals surface area contributed by atoms with Crippen LogP contribution < -0.4 is 20.5 Å². The van der Waals surface area contributed by atoms with Crippen molar-refractivity contribution in [1.82, 2.24) is 5.32 Å². The molecule has 7 heteroatoms. The first-order valence-electron chi connectivity index (χ1n) is 9.32. The zero-order valence-electron chi connectivity index (χ0n) is 16.8. The average Bonchev–Trinajstić information content (AvgIpc) is 3.14. The second-order valence-corrected chi connectivity index (χ2v) is 7.79. The Hall–Kier alpha value is -2.93. The molecule has 0 radical (unpaired) electrons. The number of methoxy groups -OCH3 is 1. The minimum atomic E-state index is -0.245. The minimum Gasteiger partial charge on any atom is -0.497 e. The van der Waals surface area contributed by atoms with E-state index in [-0.39, 0.29) is 12.0 Å². The largest absolute Gasteiger partial charge is 0.497 e. The van der Waals surface area contributed by atoms with Gasteiger partial charge in [-0.2, -0.15) is 11.8 Å². The molecule has 0 bridgehead atoms. The first-order valence-corrected chi connectivity index (χ1v) is 10.5. The third-order valence-electron chi connectivity index (χ3n) is 4.21. The SMILES string of the molecule is COc1ccc(N=C(NC(=O)c2ccc(OC(C)C)cc2)C2=C(N)CSC2)cc1. The van der Waals surface area contributed by atoms with Crippen LogP contribution in [0.5, 0.6) is 11.5 Å². The molecule has 1 aliphatic rings. The zero-order valence-corrected chi connectivity index (χ0v) is 17.6. The first-order chi connectivity index (χ1) is 14.0. The van der Waals surface area contributed by atoms with Crippen LogP contribution in [-0.2, 0) is 0 Å². The molecular formula is C22H25N3O3S. The lowest BCUT2D eigenvalue weighted by molar-refractivity contribution is 0.0977. The Kier molecular flexibility index (Phi) is 6.82. The summed E-state index contributed by atoms with van der Waals surface area (Å²) in [6.07, 6.45) is 0.0766. The molecule has 6 nitrogen and oxygen atoms in total. The molecule has 0 aliphatic carbocycles. The number of hydrogen-bond donors (Lipinski definition) is 2. The van der Waals surface area contributed by atoms with Gasteiger partial charge < -0.3 is 20.5 Å². The molecule has 1 aliphatic heterocycles. The number of carbonyl (C=O) groups excluding carboxylic acids is 1. The summed E-state index contributed by atoms with van der Waals surface area (Å²) in [5.41, 5.74) is 8.98. The molecule has 2 aromatic rings. The minimum absolute atomic E-state index is 0.0766. The maximum atomic E-state index is 12.8. The van der Waals surface area contributed by atoms with Crippen molar-refractivity contribution in [3.8, 4) is 11.5 Å². The summed E-state index contributed by atoms with van der Waals surface area (Å²) in [4.78, 5) is 17.5. The van der Waals surface area contributed by atoms with E-state index in [0.717, 1.165) is 28.5 Å². The summed E-state index contributed by atoms with van der Waals surface area (Å²) in [6, 6.07) is 14.4. The first kappa shape index (κ1) is 20.8. The highest BCUT2D eigenvalue weighted by molar-refractivity contribution is 8.00. The number of amides is 1. The van der Waals surface area contributed by atoms with E-state index in [1.165, 1.54) is 0 Å². The lowest BCUT2D eigenvalue weighted by atomic mass is 10.1. The van der Waals surface area contributed by atoms with Gasteiger partial charge in [0.15, 0.2) is 0 Å². The smallest absolute Gasteiger partial charge is 0.256 e. The number of nitrogens with one attached hydrogen (secondary N) is 1. The van der Waals surface area contributed by atoms with Gasteiger partial charge in [-0.3, -0.25) is 4.79 Å². The molecule has 0 unspecified atom stereocenters. The molecule has 1 heterocycles. The molecule has 152 valence electrons. The van der Waals surface area contributed by atoms with Crippen LogP contribution in [0.4, 0.5) is 5.69 Å². The normalized spacial score (nSPS) is 14.3. The fourth-order valence-corrected chi connectivity index (χ4v) is 3.78. The molecule has 3 rings (SSSR count). The van der Waals surface area contributed by atoms with Gasteiger partial charge in [-0.1, -0.05) is 0 Å². The predicted molar refractivity (Wildman–Crippen MR) is 118 cm³/mol. The fraction of sp³-hybridized carbons (Fsp3) is 0.273. The van der Waals surface area contributed by atoms with Crippen molar-refractivity contribution in [3.63, 3.8) is 0 Å². The maximum absolute atomic E-state index is 12.8. The van der Waals surface area contributed by atoms with Gasteiger partial charge >= 0.3 is 0 Å². The van der Waals surface area contributed by atoms with Gasteiger partial charge in [0, 0.05) is 28.3 Å². The van der Waals surface area contributed by atoms with Crippen LogP contribution in [0.25, 0.3) is 0 Å². The Balaban J connectivity index is 1.83. The van der Waals surface area contributed by atoms with Crippen molar-refractivity contribution < 1.29 is 14.3 Å². The van der Waals surface area contributed by atoms with Gasteiger partial charge in [0.25, 0.3) is 5.91 Å². The van der Waals surface area contributed by atoms with E-state index in [2.05, 4.69) is 10.3 Å². The van der Waals surface area contributed by atoms with Crippen molar-refractivity contribution in [3.05, 3.63) is 65.4 Å². The lowest BCUT2D eigenvalue weighted by Crippen LogP contribution is -2.33. The molecule has 0 fully saturated rings. The molecule has 0 atom stereocenters. The Morgan fingerprint density at radius 3 is 2.28 bits per heavy atom. The molecule has 0 saturated heterocycles. The molecular weight excluding hydrogens is 386 g/mol. The van der Waals surface area contributed by atoms with Crippen molar-refractivity contribution in [1.29, 1.82) is 0 Å². The van der Waals surface area contributed by atoms with E-state index >= 15 is 0 Å². The predicted octanol–water partition coefficient (Wildman–Crippen LogP) is 3.90. The van der Waals surface area contributed by atoms with Gasteiger partial charge in [0.2, 0.25) is 0 Å². The van der Waals surface area contributed by atoms with Crippen molar-refractivity contribution in [2.24, 2.45) is 10.7 Å². The second-order valence-electron chi connectivity index (χ2n) is 6.80. The van der Waals surface area contributed by atoms with Crippen LogP contribution in [0, 0.1) is 0 Å². The third-order valence-corrected chi connectivity index (χ3v) is 5.22. The summed E-state index contributed by atoms with van der Waals surface area (Å²) >= 11 is 1.70. The van der Waals surface area contributed by atoms with E-state index in [0.29, 0.717) is 22.8 Å². The quantitative estimate of drug-likeness (QED) is 0.556. The summed E-state index contributed by atoms with van der Waals surface area (Å²) in [6.45, 7) is 3.92. The molecule has 3 N–H and O–H groups in total. The van der Waals surface area contributed by atoms with E-state index in [4.69, 9.17) is 15.2 Å². The van der Waals surface area contributed by atoms with E-state index < -0.39 is 0 Å². The van der Waals surface area contributed by atoms with Gasteiger partial charge in [-0.05, 0) is 62.4 Å². The number of nitrogens with zero attached hydrogens (tertiary/aromatic N) is 1. The fourth-order valence-electron chi connectivity index (χ4n) is 2.76. The Bertz CT molecular complexity index is 919. The van der Waals surface area contributed by atoms with Crippen molar-refractivity contribution in [2.75, 3.05) is 18.6 Å². The van der Waals surface area contributed by atoms with Crippen molar-refractivity contribution in [2.45, 2.75) is 20.0 Å². The molecule has 0 aromatic heterocycles. The van der Waals surface area contributed by atoms with Crippen LogP contribution >= 0.6 is 11.8 Å². The van der Waals surface area contributed by atoms with E-state index in [1.807, 2.05) is 38.1 Å². The number of thioether (sulfide) groups is 1. The number of aliphatic imine (C=N–C) groups is 1. The summed E-state index contributed by atoms with van der Waals surface area (Å²) < 4.78 is 10.8. The highest BCUT2D eigenvalue weighted by atomic mass is 32.2. The number of amidine groups is 1. The van der Waals surface area contributed by atoms with Gasteiger partial charge in [0.1, 0.15) is 17.3 Å². The molecule has 0 saturated carbocycles. The van der Waals surface area contributed by atoms with Gasteiger partial charge in [-0.15, -0.1) is 0 Å². The van der Waals surface area contributed by atoms with Crippen LogP contribution in [0.2, 0.25) is 0 Å². The van der Waals surface area contributed by atoms with Gasteiger partial charge in [0.05, 0.1) is 18.9 Å². The maximum Gasteiger partial charge on any atom is 0.256 e. The van der Waals surface area contributed by atoms with Crippen molar-refractivity contribution >= 4 is 29.2 Å². The summed E-state index contributed by atoms with van der Waals surface area (Å²) in [5, 5.41) is 2.93. The zero-order chi connectivity index (χ0) is 20.8. The van der Waals surface area contributed by atoms with Crippen LogP contribution in [0.15, 0.2) is 64.8 Å². The van der Waals surface area contributed by atoms with Crippen LogP contribution in [0.1, 0.15) is 24.2 Å². The second kappa shape index (κ2) is 9.52. The number of ether oxygens (including phenoxy) is 2. The van der Waals surface area contributed by atoms with Crippen LogP contribution in [0.3, 0.4) is 0 Å². The van der Waals surface area contributed by atoms with E-state index in [1.54, 1.807) is 43.1 Å². The lowest BCUT2D eigenvalue weighted by Gasteiger charge is -2.12. The van der Waals surface area contributed by atoms with Gasteiger partial charge in [-0.25, -0.2) is 4.99 Å². The monoisotopic (exact) mass is 411 g/mol. The molecule has 1 amide bonds. The Labute approximate surface area is 175 Å². The number of hydrogen-bond acceptors (Lipinski definition) is 6. The summed E-state index contributed by atoms with van der Waals surface area (Å²) in [5.74, 6) is 3.14. The number of benzene rings is 2. The number of carbonyl (C=O) groups is 1. The average molecular weight is 412 g/mol. The van der Waals surface area contributed by atoms with Crippen LogP contribution in [-0.4, -0.2) is 36.5 Å². The molecule has 0 spiro atoms. The Morgan fingerprint density at radius 1 is 1.07 bits per heavy atom. The Morgan fingerprint density at radius 2 is 1.72 bits per heavy atom. The highest BCUT2D eigenvalue weighted by Crippen LogP contribution is 2.25. The summed E-state index contributed by atoms with van der Waals surface area (Å²) in [7, 11) is 1.61. The third kappa shape index (κ3) is 5.54. The number of nitrogens with two attached hydrogens (primary N) is 1. The number of rotatable bonds is 6. The highest BCUT2D eigenvalue weighted by Gasteiger charge is 2.20. The van der Waals surface area contributed by atoms with E-state index in [9.17, 15) is 4.79 Å². The molecule has 29 heavy (non-hydrogen) atoms. The topological polar surface area (TPSA) is 85.9 Å². The standard InChI is InChI=1S/C22H25N3O3S/c1-14(2)28-18-8-4-15(5-9-18)22(26)25-21(19-12-29-13-20(19)23)24-16-6-10-17(27-3)11-7-16/h4-11,14H,12-13,23H2,1-3H3,(H,24,25,26). The molecule has 2 aromatic carbocycles.